The molecular weight excluding hydrogens is 208 g/mol. The Morgan fingerprint density at radius 1 is 1.06 bits per heavy atom. The fourth-order valence-corrected chi connectivity index (χ4v) is 3.37. The van der Waals surface area contributed by atoms with Crippen molar-refractivity contribution in [1.29, 1.82) is 0 Å². The molecule has 0 radical (unpaired) electrons. The van der Waals surface area contributed by atoms with Gasteiger partial charge in [0.15, 0.2) is 0 Å². The Balaban J connectivity index is 2.61. The van der Waals surface area contributed by atoms with Gasteiger partial charge in [-0.2, -0.15) is 0 Å². The van der Waals surface area contributed by atoms with Crippen molar-refractivity contribution in [2.75, 3.05) is 0 Å². The van der Waals surface area contributed by atoms with Crippen LogP contribution in [-0.4, -0.2) is 11.2 Å². The molecule has 0 aliphatic heterocycles. The zero-order valence-corrected chi connectivity index (χ0v) is 12.9. The van der Waals surface area contributed by atoms with Crippen LogP contribution >= 0.6 is 0 Å². The summed E-state index contributed by atoms with van der Waals surface area (Å²) in [6, 6.07) is 0. The van der Waals surface area contributed by atoms with Crippen LogP contribution in [-0.2, 0) is 0 Å². The van der Waals surface area contributed by atoms with Crippen LogP contribution in [0, 0.1) is 28.6 Å². The first-order valence-electron chi connectivity index (χ1n) is 7.19. The lowest BCUT2D eigenvalue weighted by molar-refractivity contribution is 0.0604. The minimum Gasteiger partial charge on any atom is -0.393 e. The second kappa shape index (κ2) is 4.91. The third-order valence-corrected chi connectivity index (χ3v) is 4.58. The molecular formula is C16H32O. The highest BCUT2D eigenvalue weighted by atomic mass is 16.3. The van der Waals surface area contributed by atoms with E-state index in [4.69, 9.17) is 0 Å². The summed E-state index contributed by atoms with van der Waals surface area (Å²) < 4.78 is 0. The number of aliphatic hydroxyl groups excluding tert-OH is 1. The highest BCUT2D eigenvalue weighted by Gasteiger charge is 2.40. The molecule has 0 aromatic rings. The molecule has 3 unspecified atom stereocenters. The molecule has 1 nitrogen and oxygen atoms in total. The summed E-state index contributed by atoms with van der Waals surface area (Å²) in [6.45, 7) is 16.1. The first-order chi connectivity index (χ1) is 7.50. The Bertz CT molecular complexity index is 243. The summed E-state index contributed by atoms with van der Waals surface area (Å²) in [7, 11) is 0. The number of hydrogen-bond acceptors (Lipinski definition) is 1. The fraction of sp³-hybridized carbons (Fsp3) is 1.00. The molecule has 0 saturated heterocycles. The molecule has 1 heteroatoms. The van der Waals surface area contributed by atoms with Crippen molar-refractivity contribution in [2.45, 2.75) is 73.8 Å². The van der Waals surface area contributed by atoms with Crippen molar-refractivity contribution in [3.05, 3.63) is 0 Å². The van der Waals surface area contributed by atoms with Gasteiger partial charge in [0.1, 0.15) is 0 Å². The van der Waals surface area contributed by atoms with E-state index in [1.807, 2.05) is 0 Å². The fourth-order valence-electron chi connectivity index (χ4n) is 3.37. The zero-order valence-electron chi connectivity index (χ0n) is 12.9. The van der Waals surface area contributed by atoms with Crippen molar-refractivity contribution < 1.29 is 5.11 Å². The number of rotatable bonds is 2. The lowest BCUT2D eigenvalue weighted by Crippen LogP contribution is -2.30. The van der Waals surface area contributed by atoms with Gasteiger partial charge in [-0.25, -0.2) is 0 Å². The molecule has 0 aromatic carbocycles. The molecule has 1 aliphatic rings. The third-order valence-electron chi connectivity index (χ3n) is 4.58. The van der Waals surface area contributed by atoms with E-state index in [1.165, 1.54) is 12.8 Å². The Hall–Kier alpha value is -0.0400. The molecule has 1 saturated carbocycles. The standard InChI is InChI=1S/C16H32O/c1-11(16(5,6)7)13-8-12(9-14(13)17)10-15(2,3)4/h11-14,17H,8-10H2,1-7H3/t11?,12-,13?,14?/m1/s1. The van der Waals surface area contributed by atoms with Crippen molar-refractivity contribution in [2.24, 2.45) is 28.6 Å². The van der Waals surface area contributed by atoms with Gasteiger partial charge in [0.05, 0.1) is 6.10 Å². The van der Waals surface area contributed by atoms with E-state index >= 15 is 0 Å². The van der Waals surface area contributed by atoms with E-state index in [1.54, 1.807) is 0 Å². The Labute approximate surface area is 108 Å². The molecule has 102 valence electrons. The monoisotopic (exact) mass is 240 g/mol. The topological polar surface area (TPSA) is 20.2 Å². The first-order valence-corrected chi connectivity index (χ1v) is 7.19. The average molecular weight is 240 g/mol. The van der Waals surface area contributed by atoms with Gasteiger partial charge in [-0.15, -0.1) is 0 Å². The van der Waals surface area contributed by atoms with Crippen LogP contribution in [0.15, 0.2) is 0 Å². The highest BCUT2D eigenvalue weighted by Crippen LogP contribution is 2.45. The molecule has 0 heterocycles. The van der Waals surface area contributed by atoms with Gasteiger partial charge < -0.3 is 5.11 Å². The van der Waals surface area contributed by atoms with Crippen LogP contribution in [0.1, 0.15) is 67.7 Å². The van der Waals surface area contributed by atoms with Gasteiger partial charge in [0.2, 0.25) is 0 Å². The van der Waals surface area contributed by atoms with E-state index < -0.39 is 0 Å². The first kappa shape index (κ1) is 15.0. The summed E-state index contributed by atoms with van der Waals surface area (Å²) in [5.41, 5.74) is 0.701. The van der Waals surface area contributed by atoms with Gasteiger partial charge >= 0.3 is 0 Å². The Morgan fingerprint density at radius 3 is 2.00 bits per heavy atom. The molecule has 1 aliphatic carbocycles. The van der Waals surface area contributed by atoms with Crippen molar-refractivity contribution in [3.8, 4) is 0 Å². The molecule has 17 heavy (non-hydrogen) atoms. The maximum absolute atomic E-state index is 10.3. The second-order valence-electron chi connectivity index (χ2n) is 8.49. The van der Waals surface area contributed by atoms with Crippen LogP contribution in [0.3, 0.4) is 0 Å². The summed E-state index contributed by atoms with van der Waals surface area (Å²) in [5.74, 6) is 1.82. The van der Waals surface area contributed by atoms with Gasteiger partial charge in [-0.3, -0.25) is 0 Å². The lowest BCUT2D eigenvalue weighted by atomic mass is 9.72. The highest BCUT2D eigenvalue weighted by molar-refractivity contribution is 4.91. The largest absolute Gasteiger partial charge is 0.393 e. The Morgan fingerprint density at radius 2 is 1.59 bits per heavy atom. The summed E-state index contributed by atoms with van der Waals surface area (Å²) >= 11 is 0. The summed E-state index contributed by atoms with van der Waals surface area (Å²) in [4.78, 5) is 0. The summed E-state index contributed by atoms with van der Waals surface area (Å²) in [5, 5.41) is 10.3. The van der Waals surface area contributed by atoms with E-state index in [9.17, 15) is 5.11 Å². The van der Waals surface area contributed by atoms with Crippen LogP contribution in [0.2, 0.25) is 0 Å². The van der Waals surface area contributed by atoms with Gasteiger partial charge in [0, 0.05) is 0 Å². The molecule has 0 spiro atoms. The molecule has 0 bridgehead atoms. The van der Waals surface area contributed by atoms with Crippen molar-refractivity contribution in [1.82, 2.24) is 0 Å². The van der Waals surface area contributed by atoms with Crippen molar-refractivity contribution in [3.63, 3.8) is 0 Å². The van der Waals surface area contributed by atoms with E-state index in [2.05, 4.69) is 48.5 Å². The van der Waals surface area contributed by atoms with Crippen LogP contribution in [0.5, 0.6) is 0 Å². The normalized spacial score (nSPS) is 32.8. The quantitative estimate of drug-likeness (QED) is 0.754. The van der Waals surface area contributed by atoms with Gasteiger partial charge in [-0.05, 0) is 47.8 Å². The van der Waals surface area contributed by atoms with E-state index in [0.29, 0.717) is 22.7 Å². The third kappa shape index (κ3) is 4.28. The predicted molar refractivity (Wildman–Crippen MR) is 74.9 cm³/mol. The molecule has 4 atom stereocenters. The van der Waals surface area contributed by atoms with E-state index in [0.717, 1.165) is 12.3 Å². The Kier molecular flexibility index (Phi) is 4.34. The average Bonchev–Trinajstić information content (AvgIpc) is 2.40. The number of hydrogen-bond donors (Lipinski definition) is 1. The minimum atomic E-state index is -0.0726. The molecule has 1 fully saturated rings. The van der Waals surface area contributed by atoms with Gasteiger partial charge in [-0.1, -0.05) is 48.5 Å². The predicted octanol–water partition coefficient (Wildman–Crippen LogP) is 4.49. The SMILES string of the molecule is CC(C1C[C@@H](CC(C)(C)C)CC1O)C(C)(C)C. The van der Waals surface area contributed by atoms with E-state index in [-0.39, 0.29) is 6.10 Å². The minimum absolute atomic E-state index is 0.0726. The maximum atomic E-state index is 10.3. The van der Waals surface area contributed by atoms with Crippen LogP contribution in [0.4, 0.5) is 0 Å². The van der Waals surface area contributed by atoms with Crippen LogP contribution < -0.4 is 0 Å². The molecule has 1 rings (SSSR count). The second-order valence-corrected chi connectivity index (χ2v) is 8.49. The van der Waals surface area contributed by atoms with Crippen LogP contribution in [0.25, 0.3) is 0 Å². The number of aliphatic hydroxyl groups is 1. The molecule has 0 aromatic heterocycles. The van der Waals surface area contributed by atoms with Crippen molar-refractivity contribution >= 4 is 0 Å². The molecule has 0 amide bonds. The zero-order chi connectivity index (χ0) is 13.4. The smallest absolute Gasteiger partial charge is 0.0573 e. The lowest BCUT2D eigenvalue weighted by Gasteiger charge is -2.34. The summed E-state index contributed by atoms with van der Waals surface area (Å²) in [6.07, 6.45) is 3.41. The molecule has 1 N–H and O–H groups in total. The maximum Gasteiger partial charge on any atom is 0.0573 e. The van der Waals surface area contributed by atoms with Gasteiger partial charge in [0.25, 0.3) is 0 Å².